The summed E-state index contributed by atoms with van der Waals surface area (Å²) in [5.74, 6) is 0.321. The van der Waals surface area contributed by atoms with Gasteiger partial charge in [0.25, 0.3) is 5.91 Å². The molecule has 1 aromatic carbocycles. The van der Waals surface area contributed by atoms with Gasteiger partial charge in [-0.3, -0.25) is 4.79 Å². The highest BCUT2D eigenvalue weighted by Crippen LogP contribution is 2.19. The number of aromatic nitrogens is 2. The highest BCUT2D eigenvalue weighted by Gasteiger charge is 2.13. The third-order valence-corrected chi connectivity index (χ3v) is 4.05. The van der Waals surface area contributed by atoms with Crippen LogP contribution in [0.1, 0.15) is 41.4 Å². The van der Waals surface area contributed by atoms with Crippen LogP contribution in [0.4, 0.5) is 0 Å². The second-order valence-corrected chi connectivity index (χ2v) is 6.37. The number of hydrogen-bond donors (Lipinski definition) is 0. The van der Waals surface area contributed by atoms with Gasteiger partial charge in [0.1, 0.15) is 0 Å². The lowest BCUT2D eigenvalue weighted by atomic mass is 10.1. The molecule has 0 spiro atoms. The molecule has 0 bridgehead atoms. The first-order valence-corrected chi connectivity index (χ1v) is 8.25. The average molecular weight is 335 g/mol. The summed E-state index contributed by atoms with van der Waals surface area (Å²) in [6.07, 6.45) is 3.25. The number of nitrogens with zero attached hydrogens (tertiary/aromatic N) is 3. The Kier molecular flexibility index (Phi) is 4.93. The molecule has 0 unspecified atom stereocenters. The minimum Gasteiger partial charge on any atom is -0.472 e. The monoisotopic (exact) mass is 335 g/mol. The molecule has 0 atom stereocenters. The Morgan fingerprint density at radius 2 is 1.84 bits per heavy atom. The zero-order chi connectivity index (χ0) is 17.8. The van der Waals surface area contributed by atoms with E-state index in [0.717, 1.165) is 22.5 Å². The Balaban J connectivity index is 1.72. The summed E-state index contributed by atoms with van der Waals surface area (Å²) in [6.45, 7) is 4.69. The first-order valence-electron chi connectivity index (χ1n) is 8.25. The average Bonchev–Trinajstić information content (AvgIpc) is 3.14. The summed E-state index contributed by atoms with van der Waals surface area (Å²) < 4.78 is 5.04. The molecular weight excluding hydrogens is 314 g/mol. The lowest BCUT2D eigenvalue weighted by molar-refractivity contribution is 0.0785. The van der Waals surface area contributed by atoms with Gasteiger partial charge in [-0.25, -0.2) is 0 Å². The highest BCUT2D eigenvalue weighted by atomic mass is 16.3. The molecule has 0 N–H and O–H groups in total. The van der Waals surface area contributed by atoms with Gasteiger partial charge in [-0.05, 0) is 36.2 Å². The Morgan fingerprint density at radius 1 is 1.08 bits per heavy atom. The maximum atomic E-state index is 12.5. The largest absolute Gasteiger partial charge is 0.472 e. The molecular formula is C20H21N3O2. The molecule has 1 amide bonds. The van der Waals surface area contributed by atoms with Crippen molar-refractivity contribution in [3.05, 3.63) is 71.8 Å². The van der Waals surface area contributed by atoms with E-state index < -0.39 is 0 Å². The van der Waals surface area contributed by atoms with Crippen LogP contribution < -0.4 is 0 Å². The van der Waals surface area contributed by atoms with Crippen molar-refractivity contribution >= 4 is 5.91 Å². The van der Waals surface area contributed by atoms with Crippen LogP contribution in [0.5, 0.6) is 0 Å². The van der Waals surface area contributed by atoms with Crippen LogP contribution >= 0.6 is 0 Å². The van der Waals surface area contributed by atoms with E-state index >= 15 is 0 Å². The summed E-state index contributed by atoms with van der Waals surface area (Å²) in [6, 6.07) is 13.3. The zero-order valence-electron chi connectivity index (χ0n) is 14.6. The molecule has 0 aliphatic heterocycles. The van der Waals surface area contributed by atoms with Crippen LogP contribution in [-0.2, 0) is 6.54 Å². The molecule has 0 radical (unpaired) electrons. The fourth-order valence-electron chi connectivity index (χ4n) is 2.54. The third kappa shape index (κ3) is 3.94. The maximum Gasteiger partial charge on any atom is 0.253 e. The van der Waals surface area contributed by atoms with Crippen molar-refractivity contribution in [3.63, 3.8) is 0 Å². The normalized spacial score (nSPS) is 10.9. The van der Waals surface area contributed by atoms with Gasteiger partial charge in [0, 0.05) is 30.3 Å². The number of benzene rings is 1. The molecule has 2 aromatic heterocycles. The van der Waals surface area contributed by atoms with E-state index in [-0.39, 0.29) is 5.91 Å². The standard InChI is InChI=1S/C20H21N3O2/c1-14(2)18-8-9-19(22-21-18)16-4-6-17(7-5-16)20(24)23(3)12-15-10-11-25-13-15/h4-11,13-14H,12H2,1-3H3. The fourth-order valence-corrected chi connectivity index (χ4v) is 2.54. The van der Waals surface area contributed by atoms with Crippen LogP contribution in [-0.4, -0.2) is 28.1 Å². The zero-order valence-corrected chi connectivity index (χ0v) is 14.6. The molecule has 5 heteroatoms. The molecule has 3 aromatic rings. The SMILES string of the molecule is CC(C)c1ccc(-c2ccc(C(=O)N(C)Cc3ccoc3)cc2)nn1. The second kappa shape index (κ2) is 7.30. The van der Waals surface area contributed by atoms with Crippen molar-refractivity contribution in [1.29, 1.82) is 0 Å². The summed E-state index contributed by atoms with van der Waals surface area (Å²) >= 11 is 0. The van der Waals surface area contributed by atoms with Gasteiger partial charge >= 0.3 is 0 Å². The van der Waals surface area contributed by atoms with Crippen molar-refractivity contribution in [2.75, 3.05) is 7.05 Å². The predicted octanol–water partition coefficient (Wildman–Crippen LogP) is 4.13. The van der Waals surface area contributed by atoms with Crippen molar-refractivity contribution in [2.24, 2.45) is 0 Å². The van der Waals surface area contributed by atoms with Crippen LogP contribution in [0.2, 0.25) is 0 Å². The molecule has 0 aliphatic rings. The molecule has 0 aliphatic carbocycles. The van der Waals surface area contributed by atoms with Crippen molar-refractivity contribution in [2.45, 2.75) is 26.3 Å². The highest BCUT2D eigenvalue weighted by molar-refractivity contribution is 5.94. The number of carbonyl (C=O) groups is 1. The number of furan rings is 1. The Hall–Kier alpha value is -2.95. The third-order valence-electron chi connectivity index (χ3n) is 4.05. The molecule has 0 saturated heterocycles. The predicted molar refractivity (Wildman–Crippen MR) is 96.1 cm³/mol. The minimum absolute atomic E-state index is 0.0333. The first kappa shape index (κ1) is 16.9. The van der Waals surface area contributed by atoms with Gasteiger partial charge in [-0.15, -0.1) is 0 Å². The van der Waals surface area contributed by atoms with E-state index in [1.807, 2.05) is 42.5 Å². The van der Waals surface area contributed by atoms with E-state index in [9.17, 15) is 4.79 Å². The fraction of sp³-hybridized carbons (Fsp3) is 0.250. The van der Waals surface area contributed by atoms with Gasteiger partial charge in [-0.2, -0.15) is 10.2 Å². The van der Waals surface area contributed by atoms with E-state index in [2.05, 4.69) is 24.0 Å². The lowest BCUT2D eigenvalue weighted by Crippen LogP contribution is -2.25. The van der Waals surface area contributed by atoms with Crippen LogP contribution in [0, 0.1) is 0 Å². The van der Waals surface area contributed by atoms with Gasteiger partial charge in [0.05, 0.1) is 23.9 Å². The summed E-state index contributed by atoms with van der Waals surface area (Å²) in [4.78, 5) is 14.2. The van der Waals surface area contributed by atoms with Gasteiger partial charge in [0.2, 0.25) is 0 Å². The van der Waals surface area contributed by atoms with E-state index in [1.54, 1.807) is 24.5 Å². The molecule has 2 heterocycles. The quantitative estimate of drug-likeness (QED) is 0.703. The van der Waals surface area contributed by atoms with E-state index in [4.69, 9.17) is 4.42 Å². The molecule has 25 heavy (non-hydrogen) atoms. The molecule has 128 valence electrons. The Labute approximate surface area is 147 Å². The molecule has 5 nitrogen and oxygen atoms in total. The number of carbonyl (C=O) groups excluding carboxylic acids is 1. The van der Waals surface area contributed by atoms with Crippen LogP contribution in [0.15, 0.2) is 59.4 Å². The second-order valence-electron chi connectivity index (χ2n) is 6.37. The van der Waals surface area contributed by atoms with E-state index in [0.29, 0.717) is 18.0 Å². The van der Waals surface area contributed by atoms with Crippen molar-refractivity contribution in [1.82, 2.24) is 15.1 Å². The Bertz CT molecular complexity index is 822. The molecule has 0 fully saturated rings. The number of hydrogen-bond acceptors (Lipinski definition) is 4. The van der Waals surface area contributed by atoms with Gasteiger partial charge < -0.3 is 9.32 Å². The van der Waals surface area contributed by atoms with Crippen LogP contribution in [0.3, 0.4) is 0 Å². The lowest BCUT2D eigenvalue weighted by Gasteiger charge is -2.16. The smallest absolute Gasteiger partial charge is 0.253 e. The van der Waals surface area contributed by atoms with Crippen molar-refractivity contribution < 1.29 is 9.21 Å². The van der Waals surface area contributed by atoms with Crippen LogP contribution in [0.25, 0.3) is 11.3 Å². The van der Waals surface area contributed by atoms with Gasteiger partial charge in [0.15, 0.2) is 0 Å². The van der Waals surface area contributed by atoms with E-state index in [1.165, 1.54) is 0 Å². The maximum absolute atomic E-state index is 12.5. The van der Waals surface area contributed by atoms with Gasteiger partial charge in [-0.1, -0.05) is 26.0 Å². The number of rotatable bonds is 5. The Morgan fingerprint density at radius 3 is 2.40 bits per heavy atom. The topological polar surface area (TPSA) is 59.2 Å². The molecule has 0 saturated carbocycles. The summed E-state index contributed by atoms with van der Waals surface area (Å²) in [5, 5.41) is 8.52. The number of amides is 1. The summed E-state index contributed by atoms with van der Waals surface area (Å²) in [5.41, 5.74) is 4.32. The minimum atomic E-state index is -0.0333. The summed E-state index contributed by atoms with van der Waals surface area (Å²) in [7, 11) is 1.78. The molecule has 3 rings (SSSR count). The van der Waals surface area contributed by atoms with Crippen molar-refractivity contribution in [3.8, 4) is 11.3 Å². The first-order chi connectivity index (χ1) is 12.0.